The lowest BCUT2D eigenvalue weighted by Gasteiger charge is -2.25. The van der Waals surface area contributed by atoms with Gasteiger partial charge in [-0.3, -0.25) is 15.0 Å². The number of rotatable bonds is 7. The van der Waals surface area contributed by atoms with E-state index < -0.39 is 10.0 Å². The van der Waals surface area contributed by atoms with E-state index in [1.54, 1.807) is 0 Å². The molecule has 1 aliphatic rings. The molecule has 148 valence electrons. The van der Waals surface area contributed by atoms with Crippen LogP contribution in [0.2, 0.25) is 0 Å². The van der Waals surface area contributed by atoms with E-state index in [-0.39, 0.29) is 17.3 Å². The third kappa shape index (κ3) is 5.39. The lowest BCUT2D eigenvalue weighted by molar-refractivity contribution is 0.102. The SMILES string of the molecule is C#CCNS(=O)(=O)c1ccc(C(=O)Nc2nc(CN3CCCCC3)cs2)cc1. The summed E-state index contributed by atoms with van der Waals surface area (Å²) in [6.07, 6.45) is 8.79. The average Bonchev–Trinajstić information content (AvgIpc) is 3.14. The Morgan fingerprint density at radius 3 is 2.61 bits per heavy atom. The van der Waals surface area contributed by atoms with Crippen molar-refractivity contribution >= 4 is 32.4 Å². The van der Waals surface area contributed by atoms with Crippen molar-refractivity contribution in [3.8, 4) is 12.3 Å². The lowest BCUT2D eigenvalue weighted by atomic mass is 10.1. The molecular formula is C19H22N4O3S2. The van der Waals surface area contributed by atoms with Crippen molar-refractivity contribution in [2.45, 2.75) is 30.7 Å². The Morgan fingerprint density at radius 1 is 1.21 bits per heavy atom. The summed E-state index contributed by atoms with van der Waals surface area (Å²) in [5.41, 5.74) is 1.30. The quantitative estimate of drug-likeness (QED) is 0.673. The van der Waals surface area contributed by atoms with E-state index in [0.29, 0.717) is 10.7 Å². The van der Waals surface area contributed by atoms with Crippen molar-refractivity contribution in [2.75, 3.05) is 25.0 Å². The van der Waals surface area contributed by atoms with Crippen LogP contribution in [0.4, 0.5) is 5.13 Å². The zero-order valence-electron chi connectivity index (χ0n) is 15.3. The zero-order chi connectivity index (χ0) is 20.0. The fourth-order valence-corrected chi connectivity index (χ4v) is 4.59. The van der Waals surface area contributed by atoms with Gasteiger partial charge in [0.2, 0.25) is 10.0 Å². The number of piperidine rings is 1. The molecule has 0 aliphatic carbocycles. The molecule has 2 aromatic rings. The normalized spacial score (nSPS) is 15.1. The maximum Gasteiger partial charge on any atom is 0.257 e. The molecule has 0 saturated carbocycles. The summed E-state index contributed by atoms with van der Waals surface area (Å²) in [5, 5.41) is 5.25. The van der Waals surface area contributed by atoms with Gasteiger partial charge >= 0.3 is 0 Å². The van der Waals surface area contributed by atoms with Gasteiger partial charge in [0.05, 0.1) is 17.1 Å². The summed E-state index contributed by atoms with van der Waals surface area (Å²) in [5.74, 6) is 1.88. The van der Waals surface area contributed by atoms with Gasteiger partial charge in [0.1, 0.15) is 0 Å². The Morgan fingerprint density at radius 2 is 1.93 bits per heavy atom. The van der Waals surface area contributed by atoms with Gasteiger partial charge in [-0.15, -0.1) is 17.8 Å². The molecular weight excluding hydrogens is 396 g/mol. The molecule has 1 aromatic carbocycles. The number of nitrogens with zero attached hydrogens (tertiary/aromatic N) is 2. The van der Waals surface area contributed by atoms with Gasteiger partial charge in [-0.1, -0.05) is 12.3 Å². The number of terminal acetylenes is 1. The van der Waals surface area contributed by atoms with E-state index in [1.165, 1.54) is 54.9 Å². The first-order valence-electron chi connectivity index (χ1n) is 8.99. The Balaban J connectivity index is 1.59. The summed E-state index contributed by atoms with van der Waals surface area (Å²) in [6, 6.07) is 5.67. The Labute approximate surface area is 169 Å². The molecule has 1 saturated heterocycles. The highest BCUT2D eigenvalue weighted by Crippen LogP contribution is 2.20. The number of likely N-dealkylation sites (tertiary alicyclic amines) is 1. The molecule has 28 heavy (non-hydrogen) atoms. The van der Waals surface area contributed by atoms with Gasteiger partial charge in [0.25, 0.3) is 5.91 Å². The Hall–Kier alpha value is -2.25. The number of anilines is 1. The molecule has 7 nitrogen and oxygen atoms in total. The molecule has 2 N–H and O–H groups in total. The van der Waals surface area contributed by atoms with Gasteiger partial charge in [-0.2, -0.15) is 4.72 Å². The largest absolute Gasteiger partial charge is 0.298 e. The molecule has 1 aliphatic heterocycles. The highest BCUT2D eigenvalue weighted by Gasteiger charge is 2.16. The van der Waals surface area contributed by atoms with Crippen LogP contribution in [0, 0.1) is 12.3 Å². The lowest BCUT2D eigenvalue weighted by Crippen LogP contribution is -2.29. The van der Waals surface area contributed by atoms with E-state index in [9.17, 15) is 13.2 Å². The zero-order valence-corrected chi connectivity index (χ0v) is 17.0. The number of benzene rings is 1. The summed E-state index contributed by atoms with van der Waals surface area (Å²) in [6.45, 7) is 2.88. The van der Waals surface area contributed by atoms with Gasteiger partial charge in [-0.05, 0) is 50.2 Å². The van der Waals surface area contributed by atoms with Crippen molar-refractivity contribution in [1.29, 1.82) is 0 Å². The first kappa shape index (κ1) is 20.5. The predicted molar refractivity (Wildman–Crippen MR) is 110 cm³/mol. The average molecular weight is 419 g/mol. The van der Waals surface area contributed by atoms with Crippen LogP contribution in [0.3, 0.4) is 0 Å². The van der Waals surface area contributed by atoms with E-state index in [4.69, 9.17) is 6.42 Å². The number of thiazole rings is 1. The van der Waals surface area contributed by atoms with Crippen LogP contribution >= 0.6 is 11.3 Å². The van der Waals surface area contributed by atoms with Crippen LogP contribution in [-0.2, 0) is 16.6 Å². The van der Waals surface area contributed by atoms with E-state index in [1.807, 2.05) is 5.38 Å². The van der Waals surface area contributed by atoms with Crippen LogP contribution in [0.5, 0.6) is 0 Å². The molecule has 1 aromatic heterocycles. The topological polar surface area (TPSA) is 91.4 Å². The van der Waals surface area contributed by atoms with Crippen molar-refractivity contribution in [1.82, 2.24) is 14.6 Å². The smallest absolute Gasteiger partial charge is 0.257 e. The predicted octanol–water partition coefficient (Wildman–Crippen LogP) is 2.29. The van der Waals surface area contributed by atoms with Crippen molar-refractivity contribution in [3.05, 3.63) is 40.9 Å². The molecule has 0 bridgehead atoms. The number of aromatic nitrogens is 1. The van der Waals surface area contributed by atoms with Crippen molar-refractivity contribution in [2.24, 2.45) is 0 Å². The number of hydrogen-bond acceptors (Lipinski definition) is 6. The molecule has 0 atom stereocenters. The maximum absolute atomic E-state index is 12.4. The van der Waals surface area contributed by atoms with E-state index >= 15 is 0 Å². The minimum absolute atomic E-state index is 0.0531. The number of hydrogen-bond donors (Lipinski definition) is 2. The monoisotopic (exact) mass is 418 g/mol. The third-order valence-electron chi connectivity index (χ3n) is 4.40. The highest BCUT2D eigenvalue weighted by atomic mass is 32.2. The molecule has 1 fully saturated rings. The van der Waals surface area contributed by atoms with E-state index in [2.05, 4.69) is 25.8 Å². The first-order valence-corrected chi connectivity index (χ1v) is 11.4. The Bertz CT molecular complexity index is 956. The van der Waals surface area contributed by atoms with Crippen LogP contribution in [0.15, 0.2) is 34.5 Å². The minimum atomic E-state index is -3.67. The Kier molecular flexibility index (Phi) is 6.80. The van der Waals surface area contributed by atoms with Crippen LogP contribution in [-0.4, -0.2) is 43.8 Å². The number of amides is 1. The number of nitrogens with one attached hydrogen (secondary N) is 2. The van der Waals surface area contributed by atoms with Gasteiger partial charge in [0.15, 0.2) is 5.13 Å². The van der Waals surface area contributed by atoms with Gasteiger partial charge < -0.3 is 0 Å². The summed E-state index contributed by atoms with van der Waals surface area (Å²) < 4.78 is 26.3. The van der Waals surface area contributed by atoms with E-state index in [0.717, 1.165) is 25.3 Å². The molecule has 3 rings (SSSR count). The second-order valence-electron chi connectivity index (χ2n) is 6.49. The molecule has 0 radical (unpaired) electrons. The fourth-order valence-electron chi connectivity index (χ4n) is 2.96. The third-order valence-corrected chi connectivity index (χ3v) is 6.62. The van der Waals surface area contributed by atoms with Gasteiger partial charge in [-0.25, -0.2) is 13.4 Å². The minimum Gasteiger partial charge on any atom is -0.298 e. The highest BCUT2D eigenvalue weighted by molar-refractivity contribution is 7.89. The second-order valence-corrected chi connectivity index (χ2v) is 9.11. The molecule has 0 unspecified atom stereocenters. The van der Waals surface area contributed by atoms with Crippen molar-refractivity contribution in [3.63, 3.8) is 0 Å². The number of carbonyl (C=O) groups excluding carboxylic acids is 1. The second kappa shape index (κ2) is 9.30. The van der Waals surface area contributed by atoms with Gasteiger partial charge in [0, 0.05) is 17.5 Å². The molecule has 1 amide bonds. The number of sulfonamides is 1. The summed E-state index contributed by atoms with van der Waals surface area (Å²) in [4.78, 5) is 19.3. The first-order chi connectivity index (χ1) is 13.5. The summed E-state index contributed by atoms with van der Waals surface area (Å²) in [7, 11) is -3.67. The fraction of sp³-hybridized carbons (Fsp3) is 0.368. The molecule has 2 heterocycles. The molecule has 9 heteroatoms. The van der Waals surface area contributed by atoms with Crippen LogP contribution < -0.4 is 10.0 Å². The van der Waals surface area contributed by atoms with Crippen LogP contribution in [0.1, 0.15) is 35.3 Å². The summed E-state index contributed by atoms with van der Waals surface area (Å²) >= 11 is 1.38. The standard InChI is InChI=1S/C19H22N4O3S2/c1-2-10-20-28(25,26)17-8-6-15(7-9-17)18(24)22-19-21-16(14-27-19)13-23-11-4-3-5-12-23/h1,6-9,14,20H,3-5,10-13H2,(H,21,22,24). The maximum atomic E-state index is 12.4. The van der Waals surface area contributed by atoms with Crippen LogP contribution in [0.25, 0.3) is 0 Å². The van der Waals surface area contributed by atoms with Crippen molar-refractivity contribution < 1.29 is 13.2 Å². The number of carbonyl (C=O) groups is 1. The molecule has 0 spiro atoms.